The molecule has 3 N–H and O–H groups in total. The van der Waals surface area contributed by atoms with Crippen LogP contribution in [0.2, 0.25) is 0 Å². The maximum atomic E-state index is 11.6. The van der Waals surface area contributed by atoms with Gasteiger partial charge in [0.15, 0.2) is 0 Å². The summed E-state index contributed by atoms with van der Waals surface area (Å²) in [6.07, 6.45) is 3.58. The summed E-state index contributed by atoms with van der Waals surface area (Å²) in [5.41, 5.74) is 5.56. The monoisotopic (exact) mass is 214 g/mol. The molecular weight excluding hydrogens is 192 g/mol. The summed E-state index contributed by atoms with van der Waals surface area (Å²) in [6.45, 7) is 4.14. The van der Waals surface area contributed by atoms with Gasteiger partial charge in [-0.05, 0) is 25.3 Å². The topological polar surface area (TPSA) is 64.4 Å². The molecule has 4 heteroatoms. The van der Waals surface area contributed by atoms with Crippen molar-refractivity contribution in [2.75, 3.05) is 19.8 Å². The van der Waals surface area contributed by atoms with Gasteiger partial charge in [-0.25, -0.2) is 0 Å². The molecule has 2 unspecified atom stereocenters. The predicted molar refractivity (Wildman–Crippen MR) is 59.4 cm³/mol. The second-order valence-corrected chi connectivity index (χ2v) is 4.20. The molecule has 0 aromatic carbocycles. The highest BCUT2D eigenvalue weighted by Crippen LogP contribution is 2.09. The van der Waals surface area contributed by atoms with Crippen LogP contribution in [-0.4, -0.2) is 31.7 Å². The first-order valence-electron chi connectivity index (χ1n) is 5.83. The standard InChI is InChI=1S/C11H22N2O2/c1-2-9(7-12)6-11(14)13-10-4-3-5-15-8-10/h9-10H,2-8,12H2,1H3,(H,13,14). The molecular formula is C11H22N2O2. The van der Waals surface area contributed by atoms with E-state index in [-0.39, 0.29) is 11.9 Å². The third-order valence-electron chi connectivity index (χ3n) is 2.91. The number of rotatable bonds is 5. The predicted octanol–water partition coefficient (Wildman–Crippen LogP) is 0.657. The van der Waals surface area contributed by atoms with Gasteiger partial charge >= 0.3 is 0 Å². The van der Waals surface area contributed by atoms with Gasteiger partial charge in [0.1, 0.15) is 0 Å². The average Bonchev–Trinajstić information content (AvgIpc) is 2.27. The van der Waals surface area contributed by atoms with Crippen molar-refractivity contribution in [3.05, 3.63) is 0 Å². The van der Waals surface area contributed by atoms with Crippen molar-refractivity contribution in [3.8, 4) is 0 Å². The van der Waals surface area contributed by atoms with Gasteiger partial charge < -0.3 is 15.8 Å². The molecule has 88 valence electrons. The van der Waals surface area contributed by atoms with Crippen molar-refractivity contribution in [2.45, 2.75) is 38.6 Å². The Hall–Kier alpha value is -0.610. The molecule has 0 saturated carbocycles. The minimum atomic E-state index is 0.114. The third-order valence-corrected chi connectivity index (χ3v) is 2.91. The van der Waals surface area contributed by atoms with Crippen LogP contribution in [0.4, 0.5) is 0 Å². The number of nitrogens with one attached hydrogen (secondary N) is 1. The van der Waals surface area contributed by atoms with E-state index in [9.17, 15) is 4.79 Å². The number of hydrogen-bond donors (Lipinski definition) is 2. The summed E-state index contributed by atoms with van der Waals surface area (Å²) in [4.78, 5) is 11.6. The largest absolute Gasteiger partial charge is 0.379 e. The van der Waals surface area contributed by atoms with Crippen LogP contribution < -0.4 is 11.1 Å². The highest BCUT2D eigenvalue weighted by atomic mass is 16.5. The second-order valence-electron chi connectivity index (χ2n) is 4.20. The lowest BCUT2D eigenvalue weighted by Crippen LogP contribution is -2.41. The molecule has 0 spiro atoms. The molecule has 0 bridgehead atoms. The van der Waals surface area contributed by atoms with Gasteiger partial charge in [0.05, 0.1) is 12.6 Å². The van der Waals surface area contributed by atoms with Crippen molar-refractivity contribution in [1.82, 2.24) is 5.32 Å². The first kappa shape index (κ1) is 12.5. The number of carbonyl (C=O) groups excluding carboxylic acids is 1. The number of hydrogen-bond acceptors (Lipinski definition) is 3. The Morgan fingerprint density at radius 2 is 2.47 bits per heavy atom. The molecule has 15 heavy (non-hydrogen) atoms. The Labute approximate surface area is 91.5 Å². The Balaban J connectivity index is 2.21. The van der Waals surface area contributed by atoms with Gasteiger partial charge in [-0.2, -0.15) is 0 Å². The van der Waals surface area contributed by atoms with E-state index in [2.05, 4.69) is 12.2 Å². The molecule has 0 aromatic heterocycles. The maximum absolute atomic E-state index is 11.6. The van der Waals surface area contributed by atoms with E-state index in [1.54, 1.807) is 0 Å². The van der Waals surface area contributed by atoms with E-state index in [1.807, 2.05) is 0 Å². The molecule has 0 radical (unpaired) electrons. The first-order valence-corrected chi connectivity index (χ1v) is 5.83. The van der Waals surface area contributed by atoms with Gasteiger partial charge in [-0.3, -0.25) is 4.79 Å². The molecule has 1 rings (SSSR count). The third kappa shape index (κ3) is 4.62. The molecule has 2 atom stereocenters. The maximum Gasteiger partial charge on any atom is 0.220 e. The molecule has 0 aromatic rings. The van der Waals surface area contributed by atoms with Crippen LogP contribution in [0.25, 0.3) is 0 Å². The Morgan fingerprint density at radius 1 is 1.67 bits per heavy atom. The van der Waals surface area contributed by atoms with Gasteiger partial charge in [-0.15, -0.1) is 0 Å². The summed E-state index contributed by atoms with van der Waals surface area (Å²) < 4.78 is 5.30. The molecule has 0 aliphatic carbocycles. The van der Waals surface area contributed by atoms with E-state index in [0.29, 0.717) is 25.5 Å². The van der Waals surface area contributed by atoms with E-state index < -0.39 is 0 Å². The Bertz CT molecular complexity index is 187. The van der Waals surface area contributed by atoms with Gasteiger partial charge in [0.2, 0.25) is 5.91 Å². The highest BCUT2D eigenvalue weighted by Gasteiger charge is 2.17. The summed E-state index contributed by atoms with van der Waals surface area (Å²) >= 11 is 0. The quantitative estimate of drug-likeness (QED) is 0.706. The molecule has 1 amide bonds. The van der Waals surface area contributed by atoms with E-state index >= 15 is 0 Å². The van der Waals surface area contributed by atoms with Crippen molar-refractivity contribution in [3.63, 3.8) is 0 Å². The fraction of sp³-hybridized carbons (Fsp3) is 0.909. The van der Waals surface area contributed by atoms with Crippen molar-refractivity contribution in [1.29, 1.82) is 0 Å². The normalized spacial score (nSPS) is 23.5. The van der Waals surface area contributed by atoms with Crippen molar-refractivity contribution < 1.29 is 9.53 Å². The molecule has 1 aliphatic rings. The van der Waals surface area contributed by atoms with E-state index in [4.69, 9.17) is 10.5 Å². The SMILES string of the molecule is CCC(CN)CC(=O)NC1CCCOC1. The van der Waals surface area contributed by atoms with Gasteiger partial charge in [0, 0.05) is 13.0 Å². The van der Waals surface area contributed by atoms with Gasteiger partial charge in [-0.1, -0.05) is 13.3 Å². The molecule has 4 nitrogen and oxygen atoms in total. The lowest BCUT2D eigenvalue weighted by Gasteiger charge is -2.24. The zero-order valence-electron chi connectivity index (χ0n) is 9.50. The molecule has 1 saturated heterocycles. The van der Waals surface area contributed by atoms with Crippen molar-refractivity contribution in [2.24, 2.45) is 11.7 Å². The van der Waals surface area contributed by atoms with Crippen LogP contribution in [0.3, 0.4) is 0 Å². The van der Waals surface area contributed by atoms with Crippen LogP contribution in [0.5, 0.6) is 0 Å². The zero-order valence-corrected chi connectivity index (χ0v) is 9.50. The van der Waals surface area contributed by atoms with Crippen molar-refractivity contribution >= 4 is 5.91 Å². The number of ether oxygens (including phenoxy) is 1. The van der Waals surface area contributed by atoms with E-state index in [0.717, 1.165) is 25.9 Å². The van der Waals surface area contributed by atoms with E-state index in [1.165, 1.54) is 0 Å². The molecule has 1 aliphatic heterocycles. The summed E-state index contributed by atoms with van der Waals surface area (Å²) in [5.74, 6) is 0.428. The fourth-order valence-corrected chi connectivity index (χ4v) is 1.80. The zero-order chi connectivity index (χ0) is 11.1. The smallest absolute Gasteiger partial charge is 0.220 e. The first-order chi connectivity index (χ1) is 7.26. The fourth-order valence-electron chi connectivity index (χ4n) is 1.80. The van der Waals surface area contributed by atoms with Crippen LogP contribution in [0, 0.1) is 5.92 Å². The average molecular weight is 214 g/mol. The molecule has 1 heterocycles. The summed E-state index contributed by atoms with van der Waals surface area (Å²) in [7, 11) is 0. The Morgan fingerprint density at radius 3 is 3.00 bits per heavy atom. The second kappa shape index (κ2) is 6.80. The minimum absolute atomic E-state index is 0.114. The van der Waals surface area contributed by atoms with Gasteiger partial charge in [0.25, 0.3) is 0 Å². The number of carbonyl (C=O) groups is 1. The number of nitrogens with two attached hydrogens (primary N) is 1. The summed E-state index contributed by atoms with van der Waals surface area (Å²) in [6, 6.07) is 0.210. The van der Waals surface area contributed by atoms with Crippen LogP contribution in [-0.2, 0) is 9.53 Å². The van der Waals surface area contributed by atoms with Crippen LogP contribution in [0.1, 0.15) is 32.6 Å². The Kier molecular flexibility index (Phi) is 5.65. The minimum Gasteiger partial charge on any atom is -0.379 e. The molecule has 1 fully saturated rings. The van der Waals surface area contributed by atoms with Crippen LogP contribution >= 0.6 is 0 Å². The van der Waals surface area contributed by atoms with Crippen LogP contribution in [0.15, 0.2) is 0 Å². The number of amides is 1. The lowest BCUT2D eigenvalue weighted by molar-refractivity contribution is -0.123. The summed E-state index contributed by atoms with van der Waals surface area (Å²) in [5, 5.41) is 3.00. The highest BCUT2D eigenvalue weighted by molar-refractivity contribution is 5.76. The lowest BCUT2D eigenvalue weighted by atomic mass is 10.0.